The van der Waals surface area contributed by atoms with Crippen molar-refractivity contribution in [3.63, 3.8) is 0 Å². The Morgan fingerprint density at radius 3 is 3.08 bits per heavy atom. The normalized spacial score (nSPS) is 18.3. The summed E-state index contributed by atoms with van der Waals surface area (Å²) in [6.45, 7) is 3.55. The summed E-state index contributed by atoms with van der Waals surface area (Å²) in [5.74, 6) is 1.44. The van der Waals surface area contributed by atoms with Gasteiger partial charge in [0.15, 0.2) is 5.76 Å². The number of rotatable bonds is 5. The molecular formula is C19H23N3O2. The summed E-state index contributed by atoms with van der Waals surface area (Å²) < 4.78 is 13.4. The first-order chi connectivity index (χ1) is 11.8. The van der Waals surface area contributed by atoms with Crippen molar-refractivity contribution in [1.82, 2.24) is 15.1 Å². The quantitative estimate of drug-likeness (QED) is 0.781. The molecule has 0 unspecified atom stereocenters. The van der Waals surface area contributed by atoms with Gasteiger partial charge in [0.05, 0.1) is 6.61 Å². The Kier molecular flexibility index (Phi) is 4.36. The van der Waals surface area contributed by atoms with Gasteiger partial charge in [0, 0.05) is 43.9 Å². The van der Waals surface area contributed by atoms with Crippen LogP contribution in [0.4, 0.5) is 0 Å². The predicted molar refractivity (Wildman–Crippen MR) is 93.7 cm³/mol. The number of nitrogens with one attached hydrogen (secondary N) is 1. The number of aryl methyl sites for hydroxylation is 1. The number of aromatic nitrogens is 2. The number of nitrogens with zero attached hydrogens (tertiary/aromatic N) is 2. The lowest BCUT2D eigenvalue weighted by atomic mass is 10.0. The van der Waals surface area contributed by atoms with Crippen molar-refractivity contribution < 1.29 is 9.15 Å². The molecule has 5 nitrogen and oxygen atoms in total. The van der Waals surface area contributed by atoms with E-state index in [4.69, 9.17) is 9.15 Å². The van der Waals surface area contributed by atoms with E-state index >= 15 is 0 Å². The summed E-state index contributed by atoms with van der Waals surface area (Å²) in [4.78, 5) is 0. The molecule has 24 heavy (non-hydrogen) atoms. The molecule has 0 aliphatic carbocycles. The van der Waals surface area contributed by atoms with Gasteiger partial charge in [-0.1, -0.05) is 18.2 Å². The first-order valence-electron chi connectivity index (χ1n) is 8.59. The summed E-state index contributed by atoms with van der Waals surface area (Å²) in [7, 11) is 1.95. The lowest BCUT2D eigenvalue weighted by molar-refractivity contribution is 0.0547. The lowest BCUT2D eigenvalue weighted by Crippen LogP contribution is -2.28. The van der Waals surface area contributed by atoms with Crippen LogP contribution in [0.1, 0.15) is 18.4 Å². The number of benzene rings is 1. The minimum absolute atomic E-state index is 0.616. The van der Waals surface area contributed by atoms with E-state index in [2.05, 4.69) is 28.7 Å². The summed E-state index contributed by atoms with van der Waals surface area (Å²) in [5.41, 5.74) is 2.98. The molecule has 0 amide bonds. The zero-order chi connectivity index (χ0) is 16.4. The summed E-state index contributed by atoms with van der Waals surface area (Å²) >= 11 is 0. The van der Waals surface area contributed by atoms with Gasteiger partial charge in [-0.05, 0) is 30.9 Å². The maximum Gasteiger partial charge on any atom is 0.156 e. The standard InChI is InChI=1S/C19H23N3O2/c1-22-12-16(11-20-10-14-5-4-8-23-13-14)19(21-22)18-9-15-6-2-3-7-17(15)24-18/h2-3,6-7,9,12,14,20H,4-5,8,10-11,13H2,1H3/t14-/m0/s1. The Morgan fingerprint density at radius 2 is 2.25 bits per heavy atom. The fourth-order valence-electron chi connectivity index (χ4n) is 3.35. The van der Waals surface area contributed by atoms with Gasteiger partial charge < -0.3 is 14.5 Å². The van der Waals surface area contributed by atoms with Crippen LogP contribution < -0.4 is 5.32 Å². The summed E-state index contributed by atoms with van der Waals surface area (Å²) in [6, 6.07) is 10.1. The zero-order valence-corrected chi connectivity index (χ0v) is 14.0. The van der Waals surface area contributed by atoms with Crippen LogP contribution in [0.2, 0.25) is 0 Å². The van der Waals surface area contributed by atoms with Crippen LogP contribution >= 0.6 is 0 Å². The number of para-hydroxylation sites is 1. The van der Waals surface area contributed by atoms with Crippen LogP contribution in [-0.4, -0.2) is 29.5 Å². The van der Waals surface area contributed by atoms with Crippen molar-refractivity contribution in [2.24, 2.45) is 13.0 Å². The maximum atomic E-state index is 5.98. The van der Waals surface area contributed by atoms with Crippen molar-refractivity contribution in [2.75, 3.05) is 19.8 Å². The molecule has 1 N–H and O–H groups in total. The Balaban J connectivity index is 1.49. The molecule has 4 rings (SSSR count). The SMILES string of the molecule is Cn1cc(CNC[C@@H]2CCCOC2)c(-c2cc3ccccc3o2)n1. The van der Waals surface area contributed by atoms with Gasteiger partial charge >= 0.3 is 0 Å². The van der Waals surface area contributed by atoms with Crippen molar-refractivity contribution in [3.05, 3.63) is 42.1 Å². The number of hydrogen-bond acceptors (Lipinski definition) is 4. The van der Waals surface area contributed by atoms with E-state index in [0.29, 0.717) is 5.92 Å². The fourth-order valence-corrected chi connectivity index (χ4v) is 3.35. The van der Waals surface area contributed by atoms with Gasteiger partial charge in [-0.3, -0.25) is 4.68 Å². The largest absolute Gasteiger partial charge is 0.454 e. The maximum absolute atomic E-state index is 5.98. The van der Waals surface area contributed by atoms with E-state index < -0.39 is 0 Å². The molecule has 3 heterocycles. The molecular weight excluding hydrogens is 302 g/mol. The van der Waals surface area contributed by atoms with E-state index in [1.165, 1.54) is 12.8 Å². The molecule has 2 aromatic heterocycles. The minimum Gasteiger partial charge on any atom is -0.454 e. The monoisotopic (exact) mass is 325 g/mol. The van der Waals surface area contributed by atoms with Crippen LogP contribution in [0.25, 0.3) is 22.4 Å². The van der Waals surface area contributed by atoms with Crippen LogP contribution in [0.5, 0.6) is 0 Å². The predicted octanol–water partition coefficient (Wildman–Crippen LogP) is 3.35. The average Bonchev–Trinajstić information content (AvgIpc) is 3.19. The second-order valence-electron chi connectivity index (χ2n) is 6.54. The first kappa shape index (κ1) is 15.4. The summed E-state index contributed by atoms with van der Waals surface area (Å²) in [5, 5.41) is 9.26. The molecule has 0 radical (unpaired) electrons. The molecule has 0 saturated carbocycles. The molecule has 0 spiro atoms. The molecule has 1 fully saturated rings. The highest BCUT2D eigenvalue weighted by molar-refractivity contribution is 5.82. The third-order valence-electron chi connectivity index (χ3n) is 4.57. The van der Waals surface area contributed by atoms with Gasteiger partial charge in [0.25, 0.3) is 0 Å². The Hall–Kier alpha value is -2.11. The second-order valence-corrected chi connectivity index (χ2v) is 6.54. The fraction of sp³-hybridized carbons (Fsp3) is 0.421. The number of furan rings is 1. The van der Waals surface area contributed by atoms with E-state index in [9.17, 15) is 0 Å². The second kappa shape index (κ2) is 6.79. The van der Waals surface area contributed by atoms with Gasteiger partial charge in [-0.25, -0.2) is 0 Å². The highest BCUT2D eigenvalue weighted by atomic mass is 16.5. The van der Waals surface area contributed by atoms with Gasteiger partial charge in [0.2, 0.25) is 0 Å². The molecule has 3 aromatic rings. The molecule has 0 bridgehead atoms. The molecule has 1 aromatic carbocycles. The number of ether oxygens (including phenoxy) is 1. The van der Waals surface area contributed by atoms with Crippen LogP contribution in [-0.2, 0) is 18.3 Å². The van der Waals surface area contributed by atoms with E-state index in [-0.39, 0.29) is 0 Å². The first-order valence-corrected chi connectivity index (χ1v) is 8.59. The van der Waals surface area contributed by atoms with Gasteiger partial charge in [0.1, 0.15) is 11.3 Å². The van der Waals surface area contributed by atoms with Crippen LogP contribution in [0.15, 0.2) is 40.9 Å². The van der Waals surface area contributed by atoms with Crippen molar-refractivity contribution in [2.45, 2.75) is 19.4 Å². The zero-order valence-electron chi connectivity index (χ0n) is 14.0. The molecule has 126 valence electrons. The van der Waals surface area contributed by atoms with E-state index in [1.807, 2.05) is 29.9 Å². The Bertz CT molecular complexity index is 782. The van der Waals surface area contributed by atoms with E-state index in [1.54, 1.807) is 0 Å². The topological polar surface area (TPSA) is 52.2 Å². The Labute approximate surface area is 141 Å². The van der Waals surface area contributed by atoms with Crippen LogP contribution in [0, 0.1) is 5.92 Å². The molecule has 5 heteroatoms. The number of fused-ring (bicyclic) bond motifs is 1. The molecule has 1 aliphatic rings. The highest BCUT2D eigenvalue weighted by Gasteiger charge is 2.16. The highest BCUT2D eigenvalue weighted by Crippen LogP contribution is 2.29. The van der Waals surface area contributed by atoms with Crippen molar-refractivity contribution in [1.29, 1.82) is 0 Å². The molecule has 1 saturated heterocycles. The third kappa shape index (κ3) is 3.23. The van der Waals surface area contributed by atoms with Gasteiger partial charge in [-0.2, -0.15) is 5.10 Å². The number of hydrogen-bond donors (Lipinski definition) is 1. The minimum atomic E-state index is 0.616. The lowest BCUT2D eigenvalue weighted by Gasteiger charge is -2.22. The van der Waals surface area contributed by atoms with Gasteiger partial charge in [-0.15, -0.1) is 0 Å². The van der Waals surface area contributed by atoms with Crippen LogP contribution in [0.3, 0.4) is 0 Å². The summed E-state index contributed by atoms with van der Waals surface area (Å²) in [6.07, 6.45) is 4.48. The Morgan fingerprint density at radius 1 is 1.33 bits per heavy atom. The smallest absolute Gasteiger partial charge is 0.156 e. The average molecular weight is 325 g/mol. The van der Waals surface area contributed by atoms with Crippen molar-refractivity contribution in [3.8, 4) is 11.5 Å². The van der Waals surface area contributed by atoms with Crippen molar-refractivity contribution >= 4 is 11.0 Å². The third-order valence-corrected chi connectivity index (χ3v) is 4.57. The van der Waals surface area contributed by atoms with E-state index in [0.717, 1.165) is 54.3 Å². The molecule has 1 aliphatic heterocycles. The molecule has 1 atom stereocenters.